The number of rotatable bonds is 6. The summed E-state index contributed by atoms with van der Waals surface area (Å²) in [5.41, 5.74) is -0.247. The highest BCUT2D eigenvalue weighted by Gasteiger charge is 2.26. The minimum atomic E-state index is -3.92. The lowest BCUT2D eigenvalue weighted by Crippen LogP contribution is -2.13. The topological polar surface area (TPSA) is 90.9 Å². The van der Waals surface area contributed by atoms with Crippen molar-refractivity contribution in [2.45, 2.75) is 11.1 Å². The maximum Gasteiger partial charge on any atom is 0.330 e. The number of hydrogen-bond acceptors (Lipinski definition) is 7. The Kier molecular flexibility index (Phi) is 5.14. The number of halogens is 1. The second kappa shape index (κ2) is 7.34. The predicted molar refractivity (Wildman–Crippen MR) is 93.3 cm³/mol. The van der Waals surface area contributed by atoms with E-state index in [1.807, 2.05) is 0 Å². The van der Waals surface area contributed by atoms with Crippen molar-refractivity contribution >= 4 is 39.1 Å². The molecule has 0 unspecified atom stereocenters. The van der Waals surface area contributed by atoms with E-state index in [0.29, 0.717) is 0 Å². The molecule has 1 aromatic heterocycles. The number of ether oxygens (including phenoxy) is 3. The number of hydrogen-bond donors (Lipinski definition) is 1. The molecule has 0 fully saturated rings. The summed E-state index contributed by atoms with van der Waals surface area (Å²) >= 11 is 1.02. The van der Waals surface area contributed by atoms with Crippen molar-refractivity contribution in [3.63, 3.8) is 0 Å². The molecule has 1 N–H and O–H groups in total. The van der Waals surface area contributed by atoms with E-state index < -0.39 is 21.8 Å². The zero-order valence-electron chi connectivity index (χ0n) is 13.5. The SMILES string of the molecule is CCOC(=O)/C=C/c1c(NS(=O)(=O)c2cccs2)cc2c(c1F)OCO2. The van der Waals surface area contributed by atoms with E-state index >= 15 is 0 Å². The van der Waals surface area contributed by atoms with Gasteiger partial charge in [-0.1, -0.05) is 6.07 Å². The highest BCUT2D eigenvalue weighted by atomic mass is 32.2. The number of carbonyl (C=O) groups is 1. The molecule has 0 spiro atoms. The summed E-state index contributed by atoms with van der Waals surface area (Å²) in [6.45, 7) is 1.60. The maximum absolute atomic E-state index is 14.7. The molecule has 7 nitrogen and oxygen atoms in total. The van der Waals surface area contributed by atoms with Gasteiger partial charge in [0.15, 0.2) is 11.6 Å². The van der Waals surface area contributed by atoms with E-state index in [4.69, 9.17) is 14.2 Å². The summed E-state index contributed by atoms with van der Waals surface area (Å²) < 4.78 is 57.0. The lowest BCUT2D eigenvalue weighted by Gasteiger charge is -2.12. The minimum Gasteiger partial charge on any atom is -0.463 e. The fraction of sp³-hybridized carbons (Fsp3) is 0.188. The Labute approximate surface area is 153 Å². The van der Waals surface area contributed by atoms with Crippen molar-refractivity contribution in [1.82, 2.24) is 0 Å². The van der Waals surface area contributed by atoms with Crippen molar-refractivity contribution in [3.8, 4) is 11.5 Å². The number of nitrogens with one attached hydrogen (secondary N) is 1. The van der Waals surface area contributed by atoms with Gasteiger partial charge in [-0.3, -0.25) is 4.72 Å². The van der Waals surface area contributed by atoms with Crippen LogP contribution in [0, 0.1) is 5.82 Å². The van der Waals surface area contributed by atoms with Gasteiger partial charge in [-0.05, 0) is 24.4 Å². The minimum absolute atomic E-state index is 0.0656. The first-order valence-electron chi connectivity index (χ1n) is 7.45. The molecule has 10 heteroatoms. The molecule has 0 radical (unpaired) electrons. The molecule has 26 heavy (non-hydrogen) atoms. The van der Waals surface area contributed by atoms with E-state index in [2.05, 4.69) is 4.72 Å². The number of fused-ring (bicyclic) bond motifs is 1. The predicted octanol–water partition coefficient (Wildman–Crippen LogP) is 2.99. The standard InChI is InChI=1S/C16H14FNO6S2/c1-2-22-13(19)6-5-10-11(8-12-16(15(10)17)24-9-23-12)18-26(20,21)14-4-3-7-25-14/h3-8,18H,2,9H2,1H3/b6-5+. The first kappa shape index (κ1) is 18.2. The third kappa shape index (κ3) is 3.65. The molecule has 0 saturated carbocycles. The van der Waals surface area contributed by atoms with Gasteiger partial charge in [0.1, 0.15) is 4.21 Å². The Bertz CT molecular complexity index is 954. The summed E-state index contributed by atoms with van der Waals surface area (Å²) in [4.78, 5) is 11.5. The highest BCUT2D eigenvalue weighted by molar-refractivity contribution is 7.94. The Morgan fingerprint density at radius 2 is 2.27 bits per heavy atom. The second-order valence-electron chi connectivity index (χ2n) is 5.01. The third-order valence-electron chi connectivity index (χ3n) is 3.32. The molecule has 2 aromatic rings. The van der Waals surface area contributed by atoms with E-state index in [9.17, 15) is 17.6 Å². The van der Waals surface area contributed by atoms with Gasteiger partial charge < -0.3 is 14.2 Å². The Hall–Kier alpha value is -2.59. The van der Waals surface area contributed by atoms with E-state index in [-0.39, 0.29) is 40.4 Å². The molecule has 1 aliphatic heterocycles. The summed E-state index contributed by atoms with van der Waals surface area (Å²) in [6.07, 6.45) is 2.13. The van der Waals surface area contributed by atoms with Crippen LogP contribution in [0.2, 0.25) is 0 Å². The molecule has 0 saturated heterocycles. The normalized spacial score (nSPS) is 13.2. The van der Waals surface area contributed by atoms with Gasteiger partial charge in [0.05, 0.1) is 12.3 Å². The van der Waals surface area contributed by atoms with E-state index in [1.165, 1.54) is 12.1 Å². The van der Waals surface area contributed by atoms with Gasteiger partial charge in [-0.2, -0.15) is 0 Å². The van der Waals surface area contributed by atoms with Crippen LogP contribution in [0.15, 0.2) is 33.9 Å². The fourth-order valence-corrected chi connectivity index (χ4v) is 4.28. The van der Waals surface area contributed by atoms with Crippen LogP contribution >= 0.6 is 11.3 Å². The molecule has 1 aromatic carbocycles. The van der Waals surface area contributed by atoms with E-state index in [0.717, 1.165) is 23.5 Å². The molecule has 138 valence electrons. The van der Waals surface area contributed by atoms with Gasteiger partial charge in [0.2, 0.25) is 12.5 Å². The molecule has 2 heterocycles. The maximum atomic E-state index is 14.7. The van der Waals surface area contributed by atoms with E-state index in [1.54, 1.807) is 18.4 Å². The Morgan fingerprint density at radius 1 is 1.46 bits per heavy atom. The molecule has 3 rings (SSSR count). The number of sulfonamides is 1. The molecule has 1 aliphatic rings. The average molecular weight is 399 g/mol. The van der Waals surface area contributed by atoms with Crippen LogP contribution in [0.3, 0.4) is 0 Å². The smallest absolute Gasteiger partial charge is 0.330 e. The number of thiophene rings is 1. The fourth-order valence-electron chi connectivity index (χ4n) is 2.22. The van der Waals surface area contributed by atoms with Crippen molar-refractivity contribution < 1.29 is 31.8 Å². The number of benzene rings is 1. The van der Waals surface area contributed by atoms with Crippen LogP contribution in [0.1, 0.15) is 12.5 Å². The van der Waals surface area contributed by atoms with Crippen molar-refractivity contribution in [2.75, 3.05) is 18.1 Å². The summed E-state index contributed by atoms with van der Waals surface area (Å²) in [5, 5.41) is 1.61. The summed E-state index contributed by atoms with van der Waals surface area (Å²) in [5.74, 6) is -1.60. The summed E-state index contributed by atoms with van der Waals surface area (Å²) in [6, 6.07) is 4.31. The lowest BCUT2D eigenvalue weighted by atomic mass is 10.1. The van der Waals surface area contributed by atoms with Gasteiger partial charge in [0, 0.05) is 17.7 Å². The molecule has 0 aliphatic carbocycles. The number of anilines is 1. The van der Waals surface area contributed by atoms with Crippen LogP contribution in [-0.4, -0.2) is 27.8 Å². The molecule has 0 atom stereocenters. The number of carbonyl (C=O) groups excluding carboxylic acids is 1. The van der Waals surface area contributed by atoms with Crippen LogP contribution in [0.25, 0.3) is 6.08 Å². The average Bonchev–Trinajstić information content (AvgIpc) is 3.26. The molecular formula is C16H14FNO6S2. The number of esters is 1. The highest BCUT2D eigenvalue weighted by Crippen LogP contribution is 2.41. The summed E-state index contributed by atoms with van der Waals surface area (Å²) in [7, 11) is -3.92. The van der Waals surface area contributed by atoms with Crippen molar-refractivity contribution in [2.24, 2.45) is 0 Å². The van der Waals surface area contributed by atoms with Gasteiger partial charge in [-0.15, -0.1) is 11.3 Å². The monoisotopic (exact) mass is 399 g/mol. The van der Waals surface area contributed by atoms with Gasteiger partial charge >= 0.3 is 5.97 Å². The largest absolute Gasteiger partial charge is 0.463 e. The molecular weight excluding hydrogens is 385 g/mol. The second-order valence-corrected chi connectivity index (χ2v) is 7.87. The quantitative estimate of drug-likeness (QED) is 0.593. The van der Waals surface area contributed by atoms with Crippen LogP contribution < -0.4 is 14.2 Å². The Balaban J connectivity index is 2.03. The van der Waals surface area contributed by atoms with Crippen LogP contribution in [0.5, 0.6) is 11.5 Å². The molecule has 0 amide bonds. The van der Waals surface area contributed by atoms with Crippen LogP contribution in [0.4, 0.5) is 10.1 Å². The van der Waals surface area contributed by atoms with Gasteiger partial charge in [-0.25, -0.2) is 17.6 Å². The van der Waals surface area contributed by atoms with Gasteiger partial charge in [0.25, 0.3) is 10.0 Å². The third-order valence-corrected chi connectivity index (χ3v) is 6.08. The lowest BCUT2D eigenvalue weighted by molar-refractivity contribution is -0.137. The molecule has 0 bridgehead atoms. The Morgan fingerprint density at radius 3 is 2.96 bits per heavy atom. The first-order chi connectivity index (χ1) is 12.4. The van der Waals surface area contributed by atoms with Crippen molar-refractivity contribution in [1.29, 1.82) is 0 Å². The zero-order chi connectivity index (χ0) is 18.7. The van der Waals surface area contributed by atoms with Crippen molar-refractivity contribution in [3.05, 3.63) is 41.0 Å². The first-order valence-corrected chi connectivity index (χ1v) is 9.82. The zero-order valence-corrected chi connectivity index (χ0v) is 15.2. The van der Waals surface area contributed by atoms with Crippen LogP contribution in [-0.2, 0) is 19.6 Å².